The number of rotatable bonds is 6. The van der Waals surface area contributed by atoms with Crippen LogP contribution in [0.2, 0.25) is 0 Å². The summed E-state index contributed by atoms with van der Waals surface area (Å²) in [6.07, 6.45) is 1.75. The minimum Gasteiger partial charge on any atom is -0.497 e. The number of hydrogen-bond donors (Lipinski definition) is 0. The van der Waals surface area contributed by atoms with Crippen LogP contribution in [0.3, 0.4) is 0 Å². The van der Waals surface area contributed by atoms with E-state index >= 15 is 0 Å². The van der Waals surface area contributed by atoms with Gasteiger partial charge in [0, 0.05) is 32.1 Å². The van der Waals surface area contributed by atoms with Gasteiger partial charge in [0.2, 0.25) is 17.7 Å². The molecule has 4 aromatic rings. The van der Waals surface area contributed by atoms with Crippen molar-refractivity contribution < 1.29 is 18.7 Å². The first-order valence-corrected chi connectivity index (χ1v) is 13.1. The summed E-state index contributed by atoms with van der Waals surface area (Å²) < 4.78 is 25.4. The van der Waals surface area contributed by atoms with Crippen LogP contribution in [-0.4, -0.2) is 41.0 Å². The van der Waals surface area contributed by atoms with Crippen molar-refractivity contribution in [2.24, 2.45) is 0 Å². The van der Waals surface area contributed by atoms with E-state index in [1.165, 1.54) is 23.3 Å². The van der Waals surface area contributed by atoms with Gasteiger partial charge in [0.25, 0.3) is 0 Å². The van der Waals surface area contributed by atoms with Crippen molar-refractivity contribution in [2.45, 2.75) is 32.4 Å². The summed E-state index contributed by atoms with van der Waals surface area (Å²) in [6.45, 7) is 2.38. The maximum atomic E-state index is 14.0. The van der Waals surface area contributed by atoms with Crippen LogP contribution in [0.15, 0.2) is 72.8 Å². The molecule has 0 atom stereocenters. The topological polar surface area (TPSA) is 67.8 Å². The molecule has 2 aliphatic heterocycles. The number of aromatic nitrogens is 2. The summed E-state index contributed by atoms with van der Waals surface area (Å²) in [5.74, 6) is 1.63. The first-order valence-electron chi connectivity index (χ1n) is 13.1. The van der Waals surface area contributed by atoms with Gasteiger partial charge in [-0.25, -0.2) is 9.37 Å². The van der Waals surface area contributed by atoms with Gasteiger partial charge in [-0.1, -0.05) is 42.5 Å². The minimum atomic E-state index is -0.390. The van der Waals surface area contributed by atoms with Crippen LogP contribution in [0.5, 0.6) is 17.4 Å². The lowest BCUT2D eigenvalue weighted by Crippen LogP contribution is -2.38. The van der Waals surface area contributed by atoms with Gasteiger partial charge in [-0.3, -0.25) is 4.79 Å². The van der Waals surface area contributed by atoms with Crippen molar-refractivity contribution in [3.8, 4) is 17.4 Å². The fourth-order valence-electron chi connectivity index (χ4n) is 5.19. The highest BCUT2D eigenvalue weighted by molar-refractivity contribution is 5.79. The number of carbonyl (C=O) groups excluding carboxylic acids is 1. The van der Waals surface area contributed by atoms with Crippen LogP contribution in [-0.2, 0) is 37.1 Å². The monoisotopic (exact) mass is 524 g/mol. The van der Waals surface area contributed by atoms with Crippen LogP contribution in [0, 0.1) is 5.82 Å². The lowest BCUT2D eigenvalue weighted by atomic mass is 10.0. The molecule has 6 rings (SSSR count). The molecule has 0 fully saturated rings. The van der Waals surface area contributed by atoms with E-state index in [9.17, 15) is 9.18 Å². The zero-order valence-electron chi connectivity index (χ0n) is 21.8. The molecular weight excluding hydrogens is 495 g/mol. The number of amides is 1. The molecule has 0 unspecified atom stereocenters. The molecule has 0 spiro atoms. The first-order chi connectivity index (χ1) is 19.1. The van der Waals surface area contributed by atoms with Crippen molar-refractivity contribution in [1.82, 2.24) is 14.9 Å². The van der Waals surface area contributed by atoms with Crippen LogP contribution >= 0.6 is 0 Å². The van der Waals surface area contributed by atoms with Gasteiger partial charge >= 0.3 is 0 Å². The smallest absolute Gasteiger partial charge is 0.229 e. The van der Waals surface area contributed by atoms with E-state index in [2.05, 4.69) is 23.1 Å². The van der Waals surface area contributed by atoms with Gasteiger partial charge in [-0.15, -0.1) is 0 Å². The van der Waals surface area contributed by atoms with Gasteiger partial charge in [-0.05, 0) is 47.4 Å². The Morgan fingerprint density at radius 1 is 0.897 bits per heavy atom. The number of carbonyl (C=O) groups is 1. The molecule has 1 amide bonds. The Balaban J connectivity index is 1.29. The maximum absolute atomic E-state index is 14.0. The zero-order chi connectivity index (χ0) is 26.8. The Morgan fingerprint density at radius 3 is 2.56 bits per heavy atom. The molecule has 3 heterocycles. The van der Waals surface area contributed by atoms with E-state index in [1.54, 1.807) is 24.1 Å². The largest absolute Gasteiger partial charge is 0.497 e. The number of benzene rings is 3. The number of nitrogens with zero attached hydrogens (tertiary/aromatic N) is 4. The van der Waals surface area contributed by atoms with E-state index in [4.69, 9.17) is 19.4 Å². The molecule has 3 aromatic carbocycles. The van der Waals surface area contributed by atoms with Crippen LogP contribution in [0.1, 0.15) is 27.9 Å². The van der Waals surface area contributed by atoms with Crippen LogP contribution < -0.4 is 14.4 Å². The van der Waals surface area contributed by atoms with Gasteiger partial charge < -0.3 is 19.3 Å². The van der Waals surface area contributed by atoms with E-state index in [0.717, 1.165) is 35.5 Å². The maximum Gasteiger partial charge on any atom is 0.229 e. The molecule has 2 aliphatic rings. The number of fused-ring (bicyclic) bond motifs is 2. The Kier molecular flexibility index (Phi) is 6.84. The number of ether oxygens (including phenoxy) is 2. The fourth-order valence-corrected chi connectivity index (χ4v) is 5.19. The zero-order valence-corrected chi connectivity index (χ0v) is 21.8. The number of halogens is 1. The number of anilines is 1. The molecule has 0 radical (unpaired) electrons. The second-order valence-electron chi connectivity index (χ2n) is 9.85. The lowest BCUT2D eigenvalue weighted by molar-refractivity contribution is -0.131. The third-order valence-corrected chi connectivity index (χ3v) is 7.28. The van der Waals surface area contributed by atoms with Crippen molar-refractivity contribution >= 4 is 11.9 Å². The van der Waals surface area contributed by atoms with E-state index < -0.39 is 5.82 Å². The quantitative estimate of drug-likeness (QED) is 0.349. The SMILES string of the molecule is COc1cccc(CC(=O)N2CCc3nc(N4CCc5ccccc5C4)nc(Oc4cccc(F)c4)c3C2)c1. The molecule has 7 nitrogen and oxygen atoms in total. The Hall–Kier alpha value is -4.46. The summed E-state index contributed by atoms with van der Waals surface area (Å²) >= 11 is 0. The normalized spacial score (nSPS) is 14.4. The van der Waals surface area contributed by atoms with Crippen LogP contribution in [0.4, 0.5) is 10.3 Å². The van der Waals surface area contributed by atoms with E-state index in [-0.39, 0.29) is 12.3 Å². The number of hydrogen-bond acceptors (Lipinski definition) is 6. The van der Waals surface area contributed by atoms with Crippen molar-refractivity contribution in [1.29, 1.82) is 0 Å². The molecule has 8 heteroatoms. The highest BCUT2D eigenvalue weighted by Crippen LogP contribution is 2.33. The first kappa shape index (κ1) is 24.9. The predicted molar refractivity (Wildman–Crippen MR) is 146 cm³/mol. The van der Waals surface area contributed by atoms with Crippen molar-refractivity contribution in [3.63, 3.8) is 0 Å². The van der Waals surface area contributed by atoms with E-state index in [1.807, 2.05) is 30.3 Å². The Morgan fingerprint density at radius 2 is 1.72 bits per heavy atom. The molecule has 0 aliphatic carbocycles. The summed E-state index contributed by atoms with van der Waals surface area (Å²) in [7, 11) is 1.61. The van der Waals surface area contributed by atoms with Crippen molar-refractivity contribution in [2.75, 3.05) is 25.1 Å². The fraction of sp³-hybridized carbons (Fsp3) is 0.258. The third kappa shape index (κ3) is 5.41. The van der Waals surface area contributed by atoms with Crippen molar-refractivity contribution in [3.05, 3.63) is 107 Å². The second-order valence-corrected chi connectivity index (χ2v) is 9.85. The molecule has 0 saturated carbocycles. The molecule has 198 valence electrons. The second kappa shape index (κ2) is 10.7. The summed E-state index contributed by atoms with van der Waals surface area (Å²) in [6, 6.07) is 22.0. The van der Waals surface area contributed by atoms with Gasteiger partial charge in [0.1, 0.15) is 17.3 Å². The molecular formula is C31H29FN4O3. The third-order valence-electron chi connectivity index (χ3n) is 7.28. The summed E-state index contributed by atoms with van der Waals surface area (Å²) in [4.78, 5) is 27.0. The summed E-state index contributed by atoms with van der Waals surface area (Å²) in [5, 5.41) is 0. The molecule has 0 bridgehead atoms. The van der Waals surface area contributed by atoms with Gasteiger partial charge in [0.05, 0.1) is 31.3 Å². The lowest BCUT2D eigenvalue weighted by Gasteiger charge is -2.32. The van der Waals surface area contributed by atoms with E-state index in [0.29, 0.717) is 43.6 Å². The highest BCUT2D eigenvalue weighted by atomic mass is 19.1. The Bertz CT molecular complexity index is 1530. The van der Waals surface area contributed by atoms with Gasteiger partial charge in [0.15, 0.2) is 0 Å². The Labute approximate surface area is 226 Å². The average Bonchev–Trinajstić information content (AvgIpc) is 2.96. The standard InChI is InChI=1S/C31H29FN4O3/c1-38-25-10-4-6-21(16-25)17-29(37)35-15-13-28-27(20-35)30(39-26-11-5-9-24(32)18-26)34-31(33-28)36-14-12-22-7-2-3-8-23(22)19-36/h2-11,16,18H,12-15,17,19-20H2,1H3. The molecule has 0 saturated heterocycles. The number of methoxy groups -OCH3 is 1. The van der Waals surface area contributed by atoms with Gasteiger partial charge in [-0.2, -0.15) is 4.98 Å². The molecule has 1 aromatic heterocycles. The van der Waals surface area contributed by atoms with Crippen LogP contribution in [0.25, 0.3) is 0 Å². The predicted octanol–water partition coefficient (Wildman–Crippen LogP) is 5.11. The molecule has 39 heavy (non-hydrogen) atoms. The minimum absolute atomic E-state index is 0.00215. The molecule has 0 N–H and O–H groups in total. The summed E-state index contributed by atoms with van der Waals surface area (Å²) in [5.41, 5.74) is 5.10. The average molecular weight is 525 g/mol. The highest BCUT2D eigenvalue weighted by Gasteiger charge is 2.29.